The molecule has 0 spiro atoms. The molecule has 1 aromatic carbocycles. The topological polar surface area (TPSA) is 83.6 Å². The van der Waals surface area contributed by atoms with E-state index >= 15 is 0 Å². The summed E-state index contributed by atoms with van der Waals surface area (Å²) < 4.78 is 6.90. The van der Waals surface area contributed by atoms with Crippen molar-refractivity contribution in [3.63, 3.8) is 0 Å². The number of carbonyl (C=O) groups is 2. The van der Waals surface area contributed by atoms with Gasteiger partial charge < -0.3 is 14.4 Å². The molecule has 1 amide bonds. The number of likely N-dealkylation sites (tertiary alicyclic amines) is 1. The molecule has 7 heteroatoms. The van der Waals surface area contributed by atoms with Gasteiger partial charge in [-0.05, 0) is 24.3 Å². The zero-order valence-electron chi connectivity index (χ0n) is 12.6. The summed E-state index contributed by atoms with van der Waals surface area (Å²) >= 11 is 1.55. The standard InChI is InChI=1S/C17H14N2O4S/c20-15-7-10(17(21)22)8-19(15)9-11-5-6-13(23-11)16-18-12-3-1-2-4-14(12)24-16/h1-6,10H,7-9H2,(H,21,22). The van der Waals surface area contributed by atoms with E-state index in [1.54, 1.807) is 11.3 Å². The number of thiazole rings is 1. The molecule has 2 aromatic heterocycles. The molecule has 1 unspecified atom stereocenters. The first-order valence-electron chi connectivity index (χ1n) is 7.55. The Bertz CT molecular complexity index is 896. The number of benzene rings is 1. The van der Waals surface area contributed by atoms with Crippen LogP contribution >= 0.6 is 11.3 Å². The molecule has 3 aromatic rings. The van der Waals surface area contributed by atoms with E-state index < -0.39 is 11.9 Å². The fraction of sp³-hybridized carbons (Fsp3) is 0.235. The molecule has 0 bridgehead atoms. The summed E-state index contributed by atoms with van der Waals surface area (Å²) in [6, 6.07) is 11.5. The number of aliphatic carboxylic acids is 1. The van der Waals surface area contributed by atoms with Crippen molar-refractivity contribution >= 4 is 33.4 Å². The first kappa shape index (κ1) is 14.9. The second kappa shape index (κ2) is 5.76. The van der Waals surface area contributed by atoms with E-state index in [2.05, 4.69) is 4.98 Å². The number of fused-ring (bicyclic) bond motifs is 1. The first-order chi connectivity index (χ1) is 11.6. The summed E-state index contributed by atoms with van der Waals surface area (Å²) in [4.78, 5) is 29.0. The van der Waals surface area contributed by atoms with Gasteiger partial charge in [-0.3, -0.25) is 9.59 Å². The van der Waals surface area contributed by atoms with Gasteiger partial charge in [0.05, 0.1) is 22.7 Å². The van der Waals surface area contributed by atoms with Crippen LogP contribution in [0.5, 0.6) is 0 Å². The lowest BCUT2D eigenvalue weighted by molar-refractivity contribution is -0.141. The molecule has 1 aliphatic rings. The van der Waals surface area contributed by atoms with Crippen molar-refractivity contribution in [2.75, 3.05) is 6.54 Å². The van der Waals surface area contributed by atoms with Crippen LogP contribution in [0.15, 0.2) is 40.8 Å². The van der Waals surface area contributed by atoms with Gasteiger partial charge in [-0.1, -0.05) is 12.1 Å². The molecule has 6 nitrogen and oxygen atoms in total. The third-order valence-corrected chi connectivity index (χ3v) is 5.13. The maximum absolute atomic E-state index is 11.9. The summed E-state index contributed by atoms with van der Waals surface area (Å²) in [5.74, 6) is -0.423. The Labute approximate surface area is 141 Å². The molecule has 122 valence electrons. The van der Waals surface area contributed by atoms with Crippen LogP contribution < -0.4 is 0 Å². The van der Waals surface area contributed by atoms with E-state index in [9.17, 15) is 9.59 Å². The van der Waals surface area contributed by atoms with Crippen molar-refractivity contribution in [1.82, 2.24) is 9.88 Å². The predicted molar refractivity (Wildman–Crippen MR) is 88.5 cm³/mol. The lowest BCUT2D eigenvalue weighted by Gasteiger charge is -2.13. The van der Waals surface area contributed by atoms with Gasteiger partial charge in [0.15, 0.2) is 10.8 Å². The van der Waals surface area contributed by atoms with Crippen LogP contribution in [0.3, 0.4) is 0 Å². The summed E-state index contributed by atoms with van der Waals surface area (Å²) in [7, 11) is 0. The summed E-state index contributed by atoms with van der Waals surface area (Å²) in [5.41, 5.74) is 0.925. The Kier molecular flexibility index (Phi) is 3.57. The van der Waals surface area contributed by atoms with Crippen molar-refractivity contribution in [3.8, 4) is 10.8 Å². The van der Waals surface area contributed by atoms with Gasteiger partial charge in [-0.25, -0.2) is 4.98 Å². The minimum absolute atomic E-state index is 0.0563. The van der Waals surface area contributed by atoms with Gasteiger partial charge in [0, 0.05) is 13.0 Å². The number of furan rings is 1. The Balaban J connectivity index is 1.53. The largest absolute Gasteiger partial charge is 0.481 e. The molecular weight excluding hydrogens is 328 g/mol. The van der Waals surface area contributed by atoms with E-state index in [1.165, 1.54) is 4.90 Å². The molecule has 1 aliphatic heterocycles. The normalized spacial score (nSPS) is 17.8. The van der Waals surface area contributed by atoms with Crippen LogP contribution in [0.1, 0.15) is 12.2 Å². The number of nitrogens with zero attached hydrogens (tertiary/aromatic N) is 2. The van der Waals surface area contributed by atoms with E-state index in [1.807, 2.05) is 36.4 Å². The van der Waals surface area contributed by atoms with Crippen LogP contribution in [0.4, 0.5) is 0 Å². The average Bonchev–Trinajstić information content (AvgIpc) is 3.26. The Hall–Kier alpha value is -2.67. The number of rotatable bonds is 4. The average molecular weight is 342 g/mol. The van der Waals surface area contributed by atoms with Gasteiger partial charge in [0.1, 0.15) is 5.76 Å². The smallest absolute Gasteiger partial charge is 0.308 e. The van der Waals surface area contributed by atoms with E-state index in [4.69, 9.17) is 9.52 Å². The fourth-order valence-corrected chi connectivity index (χ4v) is 3.76. The van der Waals surface area contributed by atoms with Crippen LogP contribution in [-0.4, -0.2) is 33.4 Å². The van der Waals surface area contributed by atoms with Crippen molar-refractivity contribution in [3.05, 3.63) is 42.2 Å². The van der Waals surface area contributed by atoms with E-state index in [-0.39, 0.29) is 25.4 Å². The van der Waals surface area contributed by atoms with Crippen LogP contribution in [0, 0.1) is 5.92 Å². The molecule has 3 heterocycles. The minimum atomic E-state index is -0.930. The fourth-order valence-electron chi connectivity index (χ4n) is 2.83. The van der Waals surface area contributed by atoms with Gasteiger partial charge in [-0.15, -0.1) is 11.3 Å². The molecule has 1 N–H and O–H groups in total. The Morgan fingerprint density at radius 2 is 2.17 bits per heavy atom. The SMILES string of the molecule is O=C(O)C1CC(=O)N(Cc2ccc(-c3nc4ccccc4s3)o2)C1. The third-order valence-electron chi connectivity index (χ3n) is 4.08. The minimum Gasteiger partial charge on any atom is -0.481 e. The molecule has 1 fully saturated rings. The van der Waals surface area contributed by atoms with Crippen LogP contribution in [0.2, 0.25) is 0 Å². The summed E-state index contributed by atoms with van der Waals surface area (Å²) in [5, 5.41) is 9.82. The number of para-hydroxylation sites is 1. The number of carbonyl (C=O) groups excluding carboxylic acids is 1. The number of carboxylic acids is 1. The molecule has 0 radical (unpaired) electrons. The maximum atomic E-state index is 11.9. The Morgan fingerprint density at radius 3 is 2.92 bits per heavy atom. The van der Waals surface area contributed by atoms with Crippen LogP contribution in [-0.2, 0) is 16.1 Å². The quantitative estimate of drug-likeness (QED) is 0.788. The number of hydrogen-bond donors (Lipinski definition) is 1. The molecule has 0 saturated carbocycles. The lowest BCUT2D eigenvalue weighted by Crippen LogP contribution is -2.25. The molecule has 4 rings (SSSR count). The number of carboxylic acid groups (broad SMARTS) is 1. The Morgan fingerprint density at radius 1 is 1.33 bits per heavy atom. The molecule has 24 heavy (non-hydrogen) atoms. The third kappa shape index (κ3) is 2.67. The van der Waals surface area contributed by atoms with Crippen LogP contribution in [0.25, 0.3) is 21.0 Å². The van der Waals surface area contributed by atoms with E-state index in [0.29, 0.717) is 11.5 Å². The van der Waals surface area contributed by atoms with Crippen molar-refractivity contribution in [1.29, 1.82) is 0 Å². The lowest BCUT2D eigenvalue weighted by atomic mass is 10.1. The second-order valence-electron chi connectivity index (χ2n) is 5.77. The van der Waals surface area contributed by atoms with Gasteiger partial charge in [0.2, 0.25) is 5.91 Å². The number of amides is 1. The van der Waals surface area contributed by atoms with Gasteiger partial charge in [0.25, 0.3) is 0 Å². The molecular formula is C17H14N2O4S. The van der Waals surface area contributed by atoms with E-state index in [0.717, 1.165) is 15.2 Å². The maximum Gasteiger partial charge on any atom is 0.308 e. The van der Waals surface area contributed by atoms with Crippen molar-refractivity contribution in [2.24, 2.45) is 5.92 Å². The number of aromatic nitrogens is 1. The van der Waals surface area contributed by atoms with Crippen molar-refractivity contribution in [2.45, 2.75) is 13.0 Å². The monoisotopic (exact) mass is 342 g/mol. The highest BCUT2D eigenvalue weighted by Crippen LogP contribution is 2.31. The van der Waals surface area contributed by atoms with Gasteiger partial charge in [-0.2, -0.15) is 0 Å². The second-order valence-corrected chi connectivity index (χ2v) is 6.80. The highest BCUT2D eigenvalue weighted by molar-refractivity contribution is 7.21. The van der Waals surface area contributed by atoms with Crippen molar-refractivity contribution < 1.29 is 19.1 Å². The number of hydrogen-bond acceptors (Lipinski definition) is 5. The van der Waals surface area contributed by atoms with Gasteiger partial charge >= 0.3 is 5.97 Å². The highest BCUT2D eigenvalue weighted by atomic mass is 32.1. The molecule has 1 saturated heterocycles. The first-order valence-corrected chi connectivity index (χ1v) is 8.37. The predicted octanol–water partition coefficient (Wildman–Crippen LogP) is 2.99. The molecule has 0 aliphatic carbocycles. The zero-order chi connectivity index (χ0) is 16.7. The zero-order valence-corrected chi connectivity index (χ0v) is 13.5. The highest BCUT2D eigenvalue weighted by Gasteiger charge is 2.34. The summed E-state index contributed by atoms with van der Waals surface area (Å²) in [6.45, 7) is 0.513. The molecule has 1 atom stereocenters. The summed E-state index contributed by atoms with van der Waals surface area (Å²) in [6.07, 6.45) is 0.0563.